The first kappa shape index (κ1) is 14.5. The van der Waals surface area contributed by atoms with E-state index in [1.165, 1.54) is 0 Å². The summed E-state index contributed by atoms with van der Waals surface area (Å²) in [4.78, 5) is 14.2. The molecule has 100 valence electrons. The summed E-state index contributed by atoms with van der Waals surface area (Å²) in [5.41, 5.74) is 0. The third kappa shape index (κ3) is 4.64. The number of nitrogens with zero attached hydrogens (tertiary/aromatic N) is 1. The zero-order chi connectivity index (χ0) is 12.8. The van der Waals surface area contributed by atoms with Gasteiger partial charge in [0.25, 0.3) is 0 Å². The lowest BCUT2D eigenvalue weighted by atomic mass is 10.2. The Bertz CT molecular complexity index is 227. The zero-order valence-corrected chi connectivity index (χ0v) is 11.6. The second kappa shape index (κ2) is 6.97. The van der Waals surface area contributed by atoms with Crippen molar-refractivity contribution in [3.63, 3.8) is 0 Å². The van der Waals surface area contributed by atoms with Gasteiger partial charge in [0.05, 0.1) is 6.04 Å². The number of hydrogen-bond acceptors (Lipinski definition) is 3. The van der Waals surface area contributed by atoms with Crippen molar-refractivity contribution in [2.75, 3.05) is 19.6 Å². The summed E-state index contributed by atoms with van der Waals surface area (Å²) in [6, 6.07) is 1.09. The van der Waals surface area contributed by atoms with E-state index in [1.807, 2.05) is 0 Å². The highest BCUT2D eigenvalue weighted by Crippen LogP contribution is 2.05. The lowest BCUT2D eigenvalue weighted by molar-refractivity contribution is -0.122. The molecule has 4 nitrogen and oxygen atoms in total. The molecule has 1 atom stereocenters. The summed E-state index contributed by atoms with van der Waals surface area (Å²) < 4.78 is 0. The predicted octanol–water partition coefficient (Wildman–Crippen LogP) is 0.973. The Kier molecular flexibility index (Phi) is 5.92. The first-order valence-electron chi connectivity index (χ1n) is 6.79. The van der Waals surface area contributed by atoms with Crippen molar-refractivity contribution in [1.82, 2.24) is 15.5 Å². The SMILES string of the molecule is CC(C)N(CCNC(=O)[C@H]1CCCN1)C(C)C. The van der Waals surface area contributed by atoms with Gasteiger partial charge in [0.1, 0.15) is 0 Å². The second-order valence-electron chi connectivity index (χ2n) is 5.37. The van der Waals surface area contributed by atoms with Crippen molar-refractivity contribution < 1.29 is 4.79 Å². The van der Waals surface area contributed by atoms with Gasteiger partial charge in [-0.25, -0.2) is 0 Å². The van der Waals surface area contributed by atoms with Crippen LogP contribution in [-0.4, -0.2) is 48.6 Å². The summed E-state index contributed by atoms with van der Waals surface area (Å²) in [6.45, 7) is 11.4. The van der Waals surface area contributed by atoms with Crippen molar-refractivity contribution >= 4 is 5.91 Å². The number of hydrogen-bond donors (Lipinski definition) is 2. The highest BCUT2D eigenvalue weighted by Gasteiger charge is 2.21. The Balaban J connectivity index is 2.23. The van der Waals surface area contributed by atoms with E-state index in [0.29, 0.717) is 12.1 Å². The quantitative estimate of drug-likeness (QED) is 0.728. The summed E-state index contributed by atoms with van der Waals surface area (Å²) in [5.74, 6) is 0.162. The van der Waals surface area contributed by atoms with Crippen LogP contribution in [0, 0.1) is 0 Å². The van der Waals surface area contributed by atoms with E-state index in [9.17, 15) is 4.79 Å². The van der Waals surface area contributed by atoms with E-state index in [1.54, 1.807) is 0 Å². The molecule has 4 heteroatoms. The normalized spacial score (nSPS) is 20.5. The maximum Gasteiger partial charge on any atom is 0.237 e. The van der Waals surface area contributed by atoms with Crippen LogP contribution in [0.5, 0.6) is 0 Å². The molecule has 0 aliphatic carbocycles. The van der Waals surface area contributed by atoms with Crippen LogP contribution in [-0.2, 0) is 4.79 Å². The molecule has 2 N–H and O–H groups in total. The Morgan fingerprint density at radius 1 is 1.35 bits per heavy atom. The van der Waals surface area contributed by atoms with E-state index < -0.39 is 0 Å². The number of carbonyl (C=O) groups excluding carboxylic acids is 1. The lowest BCUT2D eigenvalue weighted by Crippen LogP contribution is -2.46. The average molecular weight is 241 g/mol. The molecule has 0 aromatic carbocycles. The fraction of sp³-hybridized carbons (Fsp3) is 0.923. The number of nitrogens with one attached hydrogen (secondary N) is 2. The molecule has 0 unspecified atom stereocenters. The molecule has 1 heterocycles. The van der Waals surface area contributed by atoms with Gasteiger partial charge in [0, 0.05) is 25.2 Å². The molecule has 17 heavy (non-hydrogen) atoms. The van der Waals surface area contributed by atoms with Crippen molar-refractivity contribution in [2.45, 2.75) is 58.7 Å². The Morgan fingerprint density at radius 2 is 2.00 bits per heavy atom. The van der Waals surface area contributed by atoms with Crippen molar-refractivity contribution in [3.05, 3.63) is 0 Å². The topological polar surface area (TPSA) is 44.4 Å². The Morgan fingerprint density at radius 3 is 2.47 bits per heavy atom. The van der Waals surface area contributed by atoms with Crippen molar-refractivity contribution in [3.8, 4) is 0 Å². The summed E-state index contributed by atoms with van der Waals surface area (Å²) in [5, 5.41) is 6.24. The van der Waals surface area contributed by atoms with Gasteiger partial charge in [-0.1, -0.05) is 0 Å². The van der Waals surface area contributed by atoms with Crippen LogP contribution < -0.4 is 10.6 Å². The molecule has 0 aromatic heterocycles. The molecule has 1 aliphatic heterocycles. The van der Waals surface area contributed by atoms with Gasteiger partial charge in [-0.3, -0.25) is 9.69 Å². The molecule has 1 rings (SSSR count). The van der Waals surface area contributed by atoms with Crippen molar-refractivity contribution in [1.29, 1.82) is 0 Å². The van der Waals surface area contributed by atoms with E-state index in [0.717, 1.165) is 32.5 Å². The maximum absolute atomic E-state index is 11.8. The van der Waals surface area contributed by atoms with Gasteiger partial charge in [0.15, 0.2) is 0 Å². The highest BCUT2D eigenvalue weighted by molar-refractivity contribution is 5.81. The van der Waals surface area contributed by atoms with Gasteiger partial charge in [0.2, 0.25) is 5.91 Å². The predicted molar refractivity (Wildman–Crippen MR) is 71.0 cm³/mol. The fourth-order valence-electron chi connectivity index (χ4n) is 2.45. The number of rotatable bonds is 6. The lowest BCUT2D eigenvalue weighted by Gasteiger charge is -2.30. The van der Waals surface area contributed by atoms with Crippen molar-refractivity contribution in [2.24, 2.45) is 0 Å². The average Bonchev–Trinajstić information content (AvgIpc) is 2.76. The van der Waals surface area contributed by atoms with Gasteiger partial charge in [-0.15, -0.1) is 0 Å². The largest absolute Gasteiger partial charge is 0.353 e. The van der Waals surface area contributed by atoms with Crippen LogP contribution in [0.1, 0.15) is 40.5 Å². The molecule has 0 saturated carbocycles. The van der Waals surface area contributed by atoms with E-state index in [2.05, 4.69) is 43.2 Å². The minimum atomic E-state index is 0.0431. The molecule has 1 saturated heterocycles. The van der Waals surface area contributed by atoms with Gasteiger partial charge in [-0.2, -0.15) is 0 Å². The van der Waals surface area contributed by atoms with E-state index in [4.69, 9.17) is 0 Å². The molecular formula is C13H27N3O. The van der Waals surface area contributed by atoms with Crippen LogP contribution in [0.25, 0.3) is 0 Å². The standard InChI is InChI=1S/C13H27N3O/c1-10(2)16(11(3)4)9-8-15-13(17)12-6-5-7-14-12/h10-12,14H,5-9H2,1-4H3,(H,15,17)/t12-/m1/s1. The monoisotopic (exact) mass is 241 g/mol. The van der Waals surface area contributed by atoms with Gasteiger partial charge >= 0.3 is 0 Å². The minimum Gasteiger partial charge on any atom is -0.353 e. The molecular weight excluding hydrogens is 214 g/mol. The smallest absolute Gasteiger partial charge is 0.237 e. The van der Waals surface area contributed by atoms with Crippen LogP contribution in [0.3, 0.4) is 0 Å². The summed E-state index contributed by atoms with van der Waals surface area (Å²) >= 11 is 0. The molecule has 1 amide bonds. The van der Waals surface area contributed by atoms with Crippen LogP contribution >= 0.6 is 0 Å². The van der Waals surface area contributed by atoms with Crippen LogP contribution in [0.15, 0.2) is 0 Å². The number of carbonyl (C=O) groups is 1. The first-order valence-corrected chi connectivity index (χ1v) is 6.79. The molecule has 0 aromatic rings. The molecule has 1 aliphatic rings. The maximum atomic E-state index is 11.8. The molecule has 1 fully saturated rings. The zero-order valence-electron chi connectivity index (χ0n) is 11.6. The third-order valence-corrected chi connectivity index (χ3v) is 3.37. The second-order valence-corrected chi connectivity index (χ2v) is 5.37. The third-order valence-electron chi connectivity index (χ3n) is 3.37. The first-order chi connectivity index (χ1) is 8.02. The highest BCUT2D eigenvalue weighted by atomic mass is 16.2. The van der Waals surface area contributed by atoms with Gasteiger partial charge in [-0.05, 0) is 47.1 Å². The van der Waals surface area contributed by atoms with Crippen LogP contribution in [0.4, 0.5) is 0 Å². The summed E-state index contributed by atoms with van der Waals surface area (Å²) in [7, 11) is 0. The molecule has 0 radical (unpaired) electrons. The van der Waals surface area contributed by atoms with E-state index >= 15 is 0 Å². The fourth-order valence-corrected chi connectivity index (χ4v) is 2.45. The van der Waals surface area contributed by atoms with Crippen LogP contribution in [0.2, 0.25) is 0 Å². The number of amides is 1. The molecule has 0 spiro atoms. The molecule has 0 bridgehead atoms. The van der Waals surface area contributed by atoms with Gasteiger partial charge < -0.3 is 10.6 Å². The minimum absolute atomic E-state index is 0.0431. The summed E-state index contributed by atoms with van der Waals surface area (Å²) in [6.07, 6.45) is 2.09. The van der Waals surface area contributed by atoms with E-state index in [-0.39, 0.29) is 11.9 Å². The Hall–Kier alpha value is -0.610. The Labute approximate surface area is 105 Å².